The first-order valence-electron chi connectivity index (χ1n) is 11.4. The van der Waals surface area contributed by atoms with Crippen molar-refractivity contribution in [3.05, 3.63) is 60.9 Å². The maximum absolute atomic E-state index is 6.04. The number of para-hydroxylation sites is 1. The van der Waals surface area contributed by atoms with Gasteiger partial charge in [-0.2, -0.15) is 0 Å². The average molecular weight is 444 g/mol. The highest BCUT2D eigenvalue weighted by Gasteiger charge is 2.15. The van der Waals surface area contributed by atoms with Crippen LogP contribution in [0.4, 0.5) is 0 Å². The number of methoxy groups -OCH3 is 2. The molecule has 2 aromatic heterocycles. The average Bonchev–Trinajstić information content (AvgIpc) is 3.53. The molecule has 1 saturated heterocycles. The highest BCUT2D eigenvalue weighted by molar-refractivity contribution is 5.97. The third-order valence-corrected chi connectivity index (χ3v) is 6.29. The van der Waals surface area contributed by atoms with Crippen LogP contribution in [-0.4, -0.2) is 55.3 Å². The zero-order valence-electron chi connectivity index (χ0n) is 19.1. The zero-order chi connectivity index (χ0) is 22.6. The van der Waals surface area contributed by atoms with Crippen LogP contribution in [0.3, 0.4) is 0 Å². The molecule has 1 fully saturated rings. The van der Waals surface area contributed by atoms with Gasteiger partial charge in [-0.05, 0) is 55.8 Å². The number of H-pyrrole nitrogens is 1. The van der Waals surface area contributed by atoms with Crippen molar-refractivity contribution in [3.63, 3.8) is 0 Å². The summed E-state index contributed by atoms with van der Waals surface area (Å²) in [5.41, 5.74) is 4.98. The van der Waals surface area contributed by atoms with Gasteiger partial charge in [-0.1, -0.05) is 24.3 Å². The summed E-state index contributed by atoms with van der Waals surface area (Å²) < 4.78 is 17.3. The minimum atomic E-state index is 0.662. The molecule has 4 aromatic rings. The monoisotopic (exact) mass is 443 g/mol. The van der Waals surface area contributed by atoms with Gasteiger partial charge < -0.3 is 19.2 Å². The molecule has 33 heavy (non-hydrogen) atoms. The molecule has 0 radical (unpaired) electrons. The lowest BCUT2D eigenvalue weighted by Gasteiger charge is -2.16. The number of benzene rings is 2. The van der Waals surface area contributed by atoms with Crippen LogP contribution in [0.1, 0.15) is 12.8 Å². The number of ether oxygens (including phenoxy) is 3. The molecule has 1 N–H and O–H groups in total. The standard InChI is InChI=1S/C27H29N3O3/c1-31-24-8-4-3-7-21(24)23-18-29-27-22(23)15-20(17-28-27)19-9-10-25(26(16-19)32-2)33-14-13-30-11-5-6-12-30/h3-4,7-10,15-18H,5-6,11-14H2,1-2H3,(H,28,29). The Morgan fingerprint density at radius 1 is 0.879 bits per heavy atom. The normalized spacial score (nSPS) is 14.0. The third-order valence-electron chi connectivity index (χ3n) is 6.29. The van der Waals surface area contributed by atoms with E-state index in [1.165, 1.54) is 25.9 Å². The Morgan fingerprint density at radius 2 is 1.70 bits per heavy atom. The van der Waals surface area contributed by atoms with Crippen LogP contribution in [0.15, 0.2) is 60.9 Å². The van der Waals surface area contributed by atoms with E-state index in [1.54, 1.807) is 14.2 Å². The largest absolute Gasteiger partial charge is 0.496 e. The second kappa shape index (κ2) is 9.55. The van der Waals surface area contributed by atoms with Crippen molar-refractivity contribution in [2.45, 2.75) is 12.8 Å². The quantitative estimate of drug-likeness (QED) is 0.396. The number of nitrogens with zero attached hydrogens (tertiary/aromatic N) is 2. The smallest absolute Gasteiger partial charge is 0.161 e. The van der Waals surface area contributed by atoms with E-state index < -0.39 is 0 Å². The molecule has 6 nitrogen and oxygen atoms in total. The maximum atomic E-state index is 6.04. The molecule has 2 aromatic carbocycles. The lowest BCUT2D eigenvalue weighted by molar-refractivity contribution is 0.230. The van der Waals surface area contributed by atoms with E-state index in [0.717, 1.165) is 57.1 Å². The fraction of sp³-hybridized carbons (Fsp3) is 0.296. The highest BCUT2D eigenvalue weighted by Crippen LogP contribution is 2.37. The summed E-state index contributed by atoms with van der Waals surface area (Å²) in [6.45, 7) is 3.95. The lowest BCUT2D eigenvalue weighted by atomic mass is 10.0. The first-order chi connectivity index (χ1) is 16.3. The van der Waals surface area contributed by atoms with Gasteiger partial charge in [0.15, 0.2) is 11.5 Å². The van der Waals surface area contributed by atoms with E-state index in [1.807, 2.05) is 42.7 Å². The van der Waals surface area contributed by atoms with Gasteiger partial charge in [0.05, 0.1) is 14.2 Å². The minimum Gasteiger partial charge on any atom is -0.496 e. The maximum Gasteiger partial charge on any atom is 0.161 e. The molecule has 0 saturated carbocycles. The Bertz CT molecular complexity index is 1240. The molecule has 1 aliphatic rings. The zero-order valence-corrected chi connectivity index (χ0v) is 19.1. The van der Waals surface area contributed by atoms with Gasteiger partial charge in [-0.15, -0.1) is 0 Å². The number of fused-ring (bicyclic) bond motifs is 1. The molecule has 0 atom stereocenters. The molecule has 0 aliphatic carbocycles. The van der Waals surface area contributed by atoms with Gasteiger partial charge in [0.1, 0.15) is 18.0 Å². The first-order valence-corrected chi connectivity index (χ1v) is 11.4. The number of rotatable bonds is 8. The van der Waals surface area contributed by atoms with E-state index in [2.05, 4.69) is 33.1 Å². The first kappa shape index (κ1) is 21.3. The van der Waals surface area contributed by atoms with Gasteiger partial charge in [0.25, 0.3) is 0 Å². The van der Waals surface area contributed by atoms with Crippen molar-refractivity contribution in [3.8, 4) is 39.5 Å². The SMILES string of the molecule is COc1cc(-c2cnc3[nH]cc(-c4ccccc4OC)c3c2)ccc1OCCN1CCCC1. The van der Waals surface area contributed by atoms with Crippen molar-refractivity contribution in [2.75, 3.05) is 40.5 Å². The van der Waals surface area contributed by atoms with Gasteiger partial charge in [-0.3, -0.25) is 4.90 Å². The minimum absolute atomic E-state index is 0.662. The van der Waals surface area contributed by atoms with Crippen LogP contribution in [0.2, 0.25) is 0 Å². The molecule has 0 unspecified atom stereocenters. The van der Waals surface area contributed by atoms with Crippen molar-refractivity contribution < 1.29 is 14.2 Å². The number of nitrogens with one attached hydrogen (secondary N) is 1. The van der Waals surface area contributed by atoms with Gasteiger partial charge >= 0.3 is 0 Å². The molecular weight excluding hydrogens is 414 g/mol. The Kier molecular flexibility index (Phi) is 6.17. The van der Waals surface area contributed by atoms with E-state index >= 15 is 0 Å². The molecule has 0 bridgehead atoms. The van der Waals surface area contributed by atoms with E-state index in [9.17, 15) is 0 Å². The molecular formula is C27H29N3O3. The van der Waals surface area contributed by atoms with Crippen molar-refractivity contribution in [1.29, 1.82) is 0 Å². The van der Waals surface area contributed by atoms with E-state index in [-0.39, 0.29) is 0 Å². The summed E-state index contributed by atoms with van der Waals surface area (Å²) in [5.74, 6) is 2.33. The fourth-order valence-corrected chi connectivity index (χ4v) is 4.51. The predicted molar refractivity (Wildman–Crippen MR) is 131 cm³/mol. The van der Waals surface area contributed by atoms with E-state index in [4.69, 9.17) is 14.2 Å². The summed E-state index contributed by atoms with van der Waals surface area (Å²) >= 11 is 0. The number of likely N-dealkylation sites (tertiary alicyclic amines) is 1. The van der Waals surface area contributed by atoms with Crippen molar-refractivity contribution in [2.24, 2.45) is 0 Å². The van der Waals surface area contributed by atoms with Crippen LogP contribution in [0.25, 0.3) is 33.3 Å². The van der Waals surface area contributed by atoms with Crippen molar-refractivity contribution >= 4 is 11.0 Å². The Morgan fingerprint density at radius 3 is 2.52 bits per heavy atom. The number of hydrogen-bond acceptors (Lipinski definition) is 5. The number of aromatic nitrogens is 2. The highest BCUT2D eigenvalue weighted by atomic mass is 16.5. The number of pyridine rings is 1. The van der Waals surface area contributed by atoms with Gasteiger partial charge in [0, 0.05) is 41.0 Å². The van der Waals surface area contributed by atoms with Gasteiger partial charge in [-0.25, -0.2) is 4.98 Å². The summed E-state index contributed by atoms with van der Waals surface area (Å²) in [6.07, 6.45) is 6.44. The number of aromatic amines is 1. The van der Waals surface area contributed by atoms with Crippen LogP contribution in [0, 0.1) is 0 Å². The Labute approximate surface area is 194 Å². The molecule has 170 valence electrons. The predicted octanol–water partition coefficient (Wildman–Crippen LogP) is 5.39. The van der Waals surface area contributed by atoms with Crippen molar-refractivity contribution in [1.82, 2.24) is 14.9 Å². The van der Waals surface area contributed by atoms with E-state index in [0.29, 0.717) is 6.61 Å². The topological polar surface area (TPSA) is 59.6 Å². The molecule has 3 heterocycles. The molecule has 1 aliphatic heterocycles. The summed E-state index contributed by atoms with van der Waals surface area (Å²) in [4.78, 5) is 10.4. The van der Waals surface area contributed by atoms with Crippen LogP contribution in [0.5, 0.6) is 17.2 Å². The van der Waals surface area contributed by atoms with Crippen LogP contribution in [-0.2, 0) is 0 Å². The summed E-state index contributed by atoms with van der Waals surface area (Å²) in [7, 11) is 3.37. The second-order valence-corrected chi connectivity index (χ2v) is 8.29. The third kappa shape index (κ3) is 4.39. The second-order valence-electron chi connectivity index (χ2n) is 8.29. The van der Waals surface area contributed by atoms with Gasteiger partial charge in [0.2, 0.25) is 0 Å². The Balaban J connectivity index is 1.42. The Hall–Kier alpha value is -3.51. The summed E-state index contributed by atoms with van der Waals surface area (Å²) in [6, 6.07) is 16.2. The van der Waals surface area contributed by atoms with Crippen LogP contribution < -0.4 is 14.2 Å². The molecule has 0 amide bonds. The fourth-order valence-electron chi connectivity index (χ4n) is 4.51. The molecule has 5 rings (SSSR count). The number of hydrogen-bond donors (Lipinski definition) is 1. The lowest BCUT2D eigenvalue weighted by Crippen LogP contribution is -2.25. The molecule has 6 heteroatoms. The van der Waals surface area contributed by atoms with Crippen LogP contribution >= 0.6 is 0 Å². The summed E-state index contributed by atoms with van der Waals surface area (Å²) in [5, 5.41) is 1.04. The molecule has 0 spiro atoms.